The van der Waals surface area contributed by atoms with Crippen molar-refractivity contribution in [3.63, 3.8) is 0 Å². The Balaban J connectivity index is 1.72. The van der Waals surface area contributed by atoms with Crippen LogP contribution in [0.15, 0.2) is 55.0 Å². The number of nitrogens with zero attached hydrogens (tertiary/aromatic N) is 4. The lowest BCUT2D eigenvalue weighted by molar-refractivity contribution is 0.469. The number of aromatic nitrogens is 4. The third kappa shape index (κ3) is 4.06. The number of aryl methyl sites for hydroxylation is 1. The minimum Gasteiger partial charge on any atom is -0.451 e. The van der Waals surface area contributed by atoms with Gasteiger partial charge in [0.25, 0.3) is 0 Å². The predicted octanol–water partition coefficient (Wildman–Crippen LogP) is 4.63. The zero-order valence-electron chi connectivity index (χ0n) is 17.0. The molecule has 0 bridgehead atoms. The van der Waals surface area contributed by atoms with Gasteiger partial charge in [-0.15, -0.1) is 0 Å². The molecule has 0 fully saturated rings. The van der Waals surface area contributed by atoms with Crippen LogP contribution in [0.4, 0.5) is 5.82 Å². The van der Waals surface area contributed by atoms with Gasteiger partial charge in [0.1, 0.15) is 17.3 Å². The van der Waals surface area contributed by atoms with Crippen LogP contribution in [0.5, 0.6) is 11.5 Å². The van der Waals surface area contributed by atoms with Crippen LogP contribution in [0.25, 0.3) is 10.9 Å². The van der Waals surface area contributed by atoms with E-state index in [0.717, 1.165) is 22.0 Å². The number of benzene rings is 1. The van der Waals surface area contributed by atoms with Crippen LogP contribution < -0.4 is 10.5 Å². The topological polar surface area (TPSA) is 86.8 Å². The highest BCUT2D eigenvalue weighted by atomic mass is 16.5. The lowest BCUT2D eigenvalue weighted by atomic mass is 10.0. The van der Waals surface area contributed by atoms with Crippen LogP contribution in [0.2, 0.25) is 0 Å². The fraction of sp³-hybridized carbons (Fsp3) is 0.167. The fourth-order valence-corrected chi connectivity index (χ4v) is 3.05. The summed E-state index contributed by atoms with van der Waals surface area (Å²) in [7, 11) is 0. The number of hydrogen-bond donors (Lipinski definition) is 1. The molecule has 0 radical (unpaired) electrons. The van der Waals surface area contributed by atoms with Crippen LogP contribution in [0.3, 0.4) is 0 Å². The quantitative estimate of drug-likeness (QED) is 0.509. The number of fused-ring (bicyclic) bond motifs is 1. The first-order valence-corrected chi connectivity index (χ1v) is 9.64. The number of rotatable bonds is 3. The first kappa shape index (κ1) is 19.3. The van der Waals surface area contributed by atoms with Crippen molar-refractivity contribution in [1.82, 2.24) is 19.9 Å². The summed E-state index contributed by atoms with van der Waals surface area (Å²) in [6, 6.07) is 11.7. The molecule has 2 N–H and O–H groups in total. The molecule has 0 aliphatic carbocycles. The van der Waals surface area contributed by atoms with E-state index in [1.165, 1.54) is 0 Å². The minimum atomic E-state index is 0.212. The van der Waals surface area contributed by atoms with Crippen LogP contribution in [0.1, 0.15) is 42.4 Å². The van der Waals surface area contributed by atoms with Gasteiger partial charge in [-0.3, -0.25) is 4.98 Å². The van der Waals surface area contributed by atoms with Crippen molar-refractivity contribution in [2.45, 2.75) is 26.7 Å². The second kappa shape index (κ2) is 8.18. The molecule has 148 valence electrons. The lowest BCUT2D eigenvalue weighted by Gasteiger charge is -2.14. The van der Waals surface area contributed by atoms with E-state index < -0.39 is 0 Å². The Morgan fingerprint density at radius 2 is 1.80 bits per heavy atom. The van der Waals surface area contributed by atoms with Gasteiger partial charge in [-0.2, -0.15) is 0 Å². The van der Waals surface area contributed by atoms with Crippen molar-refractivity contribution in [2.24, 2.45) is 0 Å². The second-order valence-electron chi connectivity index (χ2n) is 7.16. The lowest BCUT2D eigenvalue weighted by Crippen LogP contribution is -2.02. The number of nitrogens with two attached hydrogens (primary N) is 1. The van der Waals surface area contributed by atoms with E-state index in [4.69, 9.17) is 10.5 Å². The molecule has 0 atom stereocenters. The third-order valence-corrected chi connectivity index (χ3v) is 4.60. The Hall–Kier alpha value is -3.98. The van der Waals surface area contributed by atoms with Crippen LogP contribution in [-0.2, 0) is 0 Å². The maximum Gasteiger partial charge on any atom is 0.187 e. The van der Waals surface area contributed by atoms with Crippen LogP contribution in [-0.4, -0.2) is 19.9 Å². The second-order valence-corrected chi connectivity index (χ2v) is 7.16. The maximum absolute atomic E-state index is 6.05. The zero-order valence-corrected chi connectivity index (χ0v) is 17.0. The number of pyridine rings is 2. The number of nitrogen functional groups attached to an aromatic ring is 1. The molecule has 6 nitrogen and oxygen atoms in total. The van der Waals surface area contributed by atoms with Crippen molar-refractivity contribution in [3.8, 4) is 23.3 Å². The molecular formula is C24H21N5O. The van der Waals surface area contributed by atoms with Gasteiger partial charge >= 0.3 is 0 Å². The average Bonchev–Trinajstić information content (AvgIpc) is 2.74. The Morgan fingerprint density at radius 1 is 0.967 bits per heavy atom. The van der Waals surface area contributed by atoms with E-state index in [-0.39, 0.29) is 5.92 Å². The highest BCUT2D eigenvalue weighted by Crippen LogP contribution is 2.32. The van der Waals surface area contributed by atoms with Gasteiger partial charge in [0, 0.05) is 29.4 Å². The van der Waals surface area contributed by atoms with Crippen molar-refractivity contribution < 1.29 is 4.74 Å². The Bertz CT molecular complexity index is 1280. The van der Waals surface area contributed by atoms with Gasteiger partial charge in [0.05, 0.1) is 17.3 Å². The highest BCUT2D eigenvalue weighted by Gasteiger charge is 2.13. The average molecular weight is 395 g/mol. The van der Waals surface area contributed by atoms with Crippen molar-refractivity contribution in [1.29, 1.82) is 0 Å². The summed E-state index contributed by atoms with van der Waals surface area (Å²) in [5.74, 6) is 8.45. The number of ether oxygens (including phenoxy) is 1. The Morgan fingerprint density at radius 3 is 2.60 bits per heavy atom. The van der Waals surface area contributed by atoms with Crippen LogP contribution >= 0.6 is 0 Å². The summed E-state index contributed by atoms with van der Waals surface area (Å²) in [5, 5.41) is 1.05. The fourth-order valence-electron chi connectivity index (χ4n) is 3.05. The molecular weight excluding hydrogens is 374 g/mol. The molecule has 4 aromatic rings. The molecule has 3 aromatic heterocycles. The highest BCUT2D eigenvalue weighted by molar-refractivity contribution is 5.84. The number of para-hydroxylation sites is 1. The SMILES string of the molecule is Cc1ncc(Oc2cc(C#Cc3cccc4cccnc34)ncc2C(C)C)c(N)n1. The van der Waals surface area contributed by atoms with E-state index in [2.05, 4.69) is 45.6 Å². The monoisotopic (exact) mass is 395 g/mol. The van der Waals surface area contributed by atoms with Crippen molar-refractivity contribution in [3.05, 3.63) is 77.6 Å². The summed E-state index contributed by atoms with van der Waals surface area (Å²) in [5.41, 5.74) is 9.25. The largest absolute Gasteiger partial charge is 0.451 e. The molecule has 0 spiro atoms. The van der Waals surface area contributed by atoms with Gasteiger partial charge in [-0.1, -0.05) is 38.0 Å². The third-order valence-electron chi connectivity index (χ3n) is 4.60. The summed E-state index contributed by atoms with van der Waals surface area (Å²) < 4.78 is 6.05. The smallest absolute Gasteiger partial charge is 0.187 e. The first-order chi connectivity index (χ1) is 14.5. The maximum atomic E-state index is 6.05. The molecule has 0 saturated carbocycles. The molecule has 30 heavy (non-hydrogen) atoms. The van der Waals surface area contributed by atoms with Crippen molar-refractivity contribution >= 4 is 16.7 Å². The summed E-state index contributed by atoms with van der Waals surface area (Å²) in [6.45, 7) is 5.93. The molecule has 0 aliphatic rings. The van der Waals surface area contributed by atoms with E-state index in [1.54, 1.807) is 25.5 Å². The van der Waals surface area contributed by atoms with Crippen LogP contribution in [0, 0.1) is 18.8 Å². The predicted molar refractivity (Wildman–Crippen MR) is 117 cm³/mol. The Kier molecular flexibility index (Phi) is 5.27. The standard InChI is InChI=1S/C24H21N5O/c1-15(2)20-13-28-19(12-21(20)30-22-14-27-16(3)29-24(22)25)10-9-18-7-4-6-17-8-5-11-26-23(17)18/h4-8,11-15H,1-3H3,(H2,25,27,29). The molecule has 0 amide bonds. The zero-order chi connectivity index (χ0) is 21.1. The number of hydrogen-bond acceptors (Lipinski definition) is 6. The van der Waals surface area contributed by atoms with E-state index in [9.17, 15) is 0 Å². The Labute approximate surface area is 175 Å². The number of anilines is 1. The van der Waals surface area contributed by atoms with Gasteiger partial charge < -0.3 is 10.5 Å². The first-order valence-electron chi connectivity index (χ1n) is 9.64. The normalized spacial score (nSPS) is 10.7. The summed E-state index contributed by atoms with van der Waals surface area (Å²) in [6.07, 6.45) is 5.13. The minimum absolute atomic E-state index is 0.212. The van der Waals surface area contributed by atoms with Gasteiger partial charge in [-0.25, -0.2) is 15.0 Å². The molecule has 4 rings (SSSR count). The molecule has 0 unspecified atom stereocenters. The van der Waals surface area contributed by atoms with Gasteiger partial charge in [0.2, 0.25) is 0 Å². The van der Waals surface area contributed by atoms with E-state index in [0.29, 0.717) is 28.8 Å². The van der Waals surface area contributed by atoms with Gasteiger partial charge in [-0.05, 0) is 30.9 Å². The summed E-state index contributed by atoms with van der Waals surface area (Å²) in [4.78, 5) is 17.3. The van der Waals surface area contributed by atoms with E-state index >= 15 is 0 Å². The van der Waals surface area contributed by atoms with Gasteiger partial charge in [0.15, 0.2) is 11.6 Å². The molecule has 0 aliphatic heterocycles. The molecule has 6 heteroatoms. The summed E-state index contributed by atoms with van der Waals surface area (Å²) >= 11 is 0. The van der Waals surface area contributed by atoms with Crippen molar-refractivity contribution in [2.75, 3.05) is 5.73 Å². The molecule has 3 heterocycles. The molecule has 1 aromatic carbocycles. The van der Waals surface area contributed by atoms with E-state index in [1.807, 2.05) is 36.4 Å². The molecule has 0 saturated heterocycles.